The van der Waals surface area contributed by atoms with Crippen LogP contribution in [0.25, 0.3) is 21.9 Å². The second-order valence-corrected chi connectivity index (χ2v) is 6.01. The number of fused-ring (bicyclic) bond motifs is 1. The molecule has 0 aliphatic carbocycles. The van der Waals surface area contributed by atoms with Crippen LogP contribution in [-0.4, -0.2) is 0 Å². The highest BCUT2D eigenvalue weighted by Crippen LogP contribution is 2.29. The fourth-order valence-electron chi connectivity index (χ4n) is 3.04. The molecule has 3 aromatic carbocycles. The van der Waals surface area contributed by atoms with E-state index in [1.807, 2.05) is 24.3 Å². The van der Waals surface area contributed by atoms with Crippen LogP contribution in [0.5, 0.6) is 0 Å². The van der Waals surface area contributed by atoms with Crippen molar-refractivity contribution in [3.05, 3.63) is 71.8 Å². The van der Waals surface area contributed by atoms with Gasteiger partial charge >= 0.3 is 0 Å². The summed E-state index contributed by atoms with van der Waals surface area (Å²) in [5, 5.41) is 11.5. The van der Waals surface area contributed by atoms with Gasteiger partial charge in [0.15, 0.2) is 0 Å². The normalized spacial score (nSPS) is 10.6. The van der Waals surface area contributed by atoms with Gasteiger partial charge in [0.25, 0.3) is 0 Å². The van der Waals surface area contributed by atoms with Gasteiger partial charge in [0, 0.05) is 0 Å². The van der Waals surface area contributed by atoms with E-state index in [0.717, 1.165) is 12.0 Å². The van der Waals surface area contributed by atoms with Crippen LogP contribution in [-0.2, 0) is 6.42 Å². The molecule has 0 N–H and O–H groups in total. The molecule has 0 aliphatic rings. The molecule has 0 amide bonds. The van der Waals surface area contributed by atoms with Crippen molar-refractivity contribution in [1.29, 1.82) is 5.26 Å². The number of benzene rings is 3. The fourth-order valence-corrected chi connectivity index (χ4v) is 3.04. The molecule has 23 heavy (non-hydrogen) atoms. The Kier molecular flexibility index (Phi) is 4.74. The Morgan fingerprint density at radius 1 is 0.913 bits per heavy atom. The number of nitriles is 1. The van der Waals surface area contributed by atoms with E-state index in [-0.39, 0.29) is 0 Å². The molecule has 0 heterocycles. The van der Waals surface area contributed by atoms with E-state index in [4.69, 9.17) is 5.26 Å². The second kappa shape index (κ2) is 7.11. The molecule has 114 valence electrons. The predicted molar refractivity (Wildman–Crippen MR) is 97.3 cm³/mol. The average Bonchev–Trinajstić information content (AvgIpc) is 2.61. The van der Waals surface area contributed by atoms with E-state index in [1.54, 1.807) is 0 Å². The molecule has 0 spiro atoms. The van der Waals surface area contributed by atoms with Crippen molar-refractivity contribution < 1.29 is 0 Å². The second-order valence-electron chi connectivity index (χ2n) is 6.01. The first kappa shape index (κ1) is 15.3. The summed E-state index contributed by atoms with van der Waals surface area (Å²) in [5.74, 6) is 0. The van der Waals surface area contributed by atoms with Crippen LogP contribution in [0.4, 0.5) is 0 Å². The highest BCUT2D eigenvalue weighted by atomic mass is 14.2. The Balaban J connectivity index is 1.96. The molecule has 0 unspecified atom stereocenters. The number of nitrogens with zero attached hydrogens (tertiary/aromatic N) is 1. The Labute approximate surface area is 138 Å². The molecule has 1 heteroatoms. The van der Waals surface area contributed by atoms with Crippen LogP contribution in [0.2, 0.25) is 0 Å². The summed E-state index contributed by atoms with van der Waals surface area (Å²) in [6.45, 7) is 2.24. The molecule has 0 saturated carbocycles. The van der Waals surface area contributed by atoms with Gasteiger partial charge in [-0.25, -0.2) is 0 Å². The molecule has 0 atom stereocenters. The Hall–Kier alpha value is -2.59. The van der Waals surface area contributed by atoms with Crippen molar-refractivity contribution in [2.24, 2.45) is 0 Å². The number of hydrogen-bond donors (Lipinski definition) is 0. The zero-order valence-electron chi connectivity index (χ0n) is 13.5. The van der Waals surface area contributed by atoms with Crippen LogP contribution in [0.15, 0.2) is 60.7 Å². The number of unbranched alkanes of at least 4 members (excludes halogenated alkanes) is 2. The lowest BCUT2D eigenvalue weighted by Gasteiger charge is -2.09. The summed E-state index contributed by atoms with van der Waals surface area (Å²) >= 11 is 0. The van der Waals surface area contributed by atoms with Crippen molar-refractivity contribution in [2.75, 3.05) is 0 Å². The zero-order valence-corrected chi connectivity index (χ0v) is 13.5. The first-order valence-electron chi connectivity index (χ1n) is 8.34. The van der Waals surface area contributed by atoms with Gasteiger partial charge in [0.05, 0.1) is 11.6 Å². The monoisotopic (exact) mass is 299 g/mol. The van der Waals surface area contributed by atoms with Crippen molar-refractivity contribution in [3.8, 4) is 17.2 Å². The summed E-state index contributed by atoms with van der Waals surface area (Å²) in [5.41, 5.74) is 4.51. The van der Waals surface area contributed by atoms with Crippen molar-refractivity contribution in [1.82, 2.24) is 0 Å². The van der Waals surface area contributed by atoms with Gasteiger partial charge in [-0.15, -0.1) is 0 Å². The van der Waals surface area contributed by atoms with Gasteiger partial charge in [0.2, 0.25) is 0 Å². The third kappa shape index (κ3) is 3.43. The molecule has 0 saturated heterocycles. The lowest BCUT2D eigenvalue weighted by atomic mass is 9.95. The molecule has 1 nitrogen and oxygen atoms in total. The predicted octanol–water partition coefficient (Wildman–Crippen LogP) is 6.11. The van der Waals surface area contributed by atoms with E-state index in [9.17, 15) is 0 Å². The standard InChI is InChI=1S/C22H21N/c1-2-3-4-6-17-11-14-22-20(15-17)7-5-8-21(22)19-12-9-18(16-23)10-13-19/h5,7-15H,2-4,6H2,1H3. The van der Waals surface area contributed by atoms with Crippen LogP contribution in [0, 0.1) is 11.3 Å². The van der Waals surface area contributed by atoms with Crippen molar-refractivity contribution >= 4 is 10.8 Å². The molecule has 3 rings (SSSR count). The lowest BCUT2D eigenvalue weighted by molar-refractivity contribution is 0.718. The molecule has 3 aromatic rings. The fraction of sp³-hybridized carbons (Fsp3) is 0.227. The van der Waals surface area contributed by atoms with Gasteiger partial charge < -0.3 is 0 Å². The van der Waals surface area contributed by atoms with Crippen LogP contribution in [0.3, 0.4) is 0 Å². The van der Waals surface area contributed by atoms with Gasteiger partial charge in [-0.1, -0.05) is 68.3 Å². The number of aryl methyl sites for hydroxylation is 1. The van der Waals surface area contributed by atoms with E-state index < -0.39 is 0 Å². The van der Waals surface area contributed by atoms with Gasteiger partial charge in [-0.05, 0) is 52.4 Å². The van der Waals surface area contributed by atoms with Crippen LogP contribution >= 0.6 is 0 Å². The van der Waals surface area contributed by atoms with Gasteiger partial charge in [0.1, 0.15) is 0 Å². The minimum atomic E-state index is 0.701. The number of rotatable bonds is 5. The van der Waals surface area contributed by atoms with Crippen molar-refractivity contribution in [2.45, 2.75) is 32.6 Å². The maximum absolute atomic E-state index is 8.94. The largest absolute Gasteiger partial charge is 0.192 e. The van der Waals surface area contributed by atoms with Crippen LogP contribution < -0.4 is 0 Å². The first-order valence-corrected chi connectivity index (χ1v) is 8.34. The zero-order chi connectivity index (χ0) is 16.1. The average molecular weight is 299 g/mol. The molecule has 0 bridgehead atoms. The summed E-state index contributed by atoms with van der Waals surface area (Å²) < 4.78 is 0. The van der Waals surface area contributed by atoms with E-state index in [0.29, 0.717) is 5.56 Å². The maximum atomic E-state index is 8.94. The highest BCUT2D eigenvalue weighted by molar-refractivity contribution is 5.97. The summed E-state index contributed by atoms with van der Waals surface area (Å²) in [6, 6.07) is 23.3. The quantitative estimate of drug-likeness (QED) is 0.521. The van der Waals surface area contributed by atoms with Crippen molar-refractivity contribution in [3.63, 3.8) is 0 Å². The SMILES string of the molecule is CCCCCc1ccc2c(-c3ccc(C#N)cc3)cccc2c1. The minimum absolute atomic E-state index is 0.701. The Morgan fingerprint density at radius 2 is 1.74 bits per heavy atom. The maximum Gasteiger partial charge on any atom is 0.0991 e. The third-order valence-electron chi connectivity index (χ3n) is 4.34. The molecule has 0 aliphatic heterocycles. The highest BCUT2D eigenvalue weighted by Gasteiger charge is 2.05. The van der Waals surface area contributed by atoms with E-state index in [1.165, 1.54) is 41.2 Å². The molecular weight excluding hydrogens is 278 g/mol. The smallest absolute Gasteiger partial charge is 0.0991 e. The summed E-state index contributed by atoms with van der Waals surface area (Å²) in [4.78, 5) is 0. The molecule has 0 fully saturated rings. The molecule has 0 radical (unpaired) electrons. The molecular formula is C22H21N. The first-order chi connectivity index (χ1) is 11.3. The van der Waals surface area contributed by atoms with Gasteiger partial charge in [-0.3, -0.25) is 0 Å². The minimum Gasteiger partial charge on any atom is -0.192 e. The Morgan fingerprint density at radius 3 is 2.48 bits per heavy atom. The number of hydrogen-bond acceptors (Lipinski definition) is 1. The molecule has 0 aromatic heterocycles. The summed E-state index contributed by atoms with van der Waals surface area (Å²) in [6.07, 6.45) is 4.97. The third-order valence-corrected chi connectivity index (χ3v) is 4.34. The lowest BCUT2D eigenvalue weighted by Crippen LogP contribution is -1.87. The Bertz CT molecular complexity index is 838. The van der Waals surface area contributed by atoms with Crippen LogP contribution in [0.1, 0.15) is 37.3 Å². The van der Waals surface area contributed by atoms with E-state index >= 15 is 0 Å². The van der Waals surface area contributed by atoms with Gasteiger partial charge in [-0.2, -0.15) is 5.26 Å². The topological polar surface area (TPSA) is 23.8 Å². The summed E-state index contributed by atoms with van der Waals surface area (Å²) in [7, 11) is 0. The van der Waals surface area contributed by atoms with E-state index in [2.05, 4.69) is 49.4 Å².